The minimum absolute atomic E-state index is 0.00559. The molecule has 2 atom stereocenters. The highest BCUT2D eigenvalue weighted by molar-refractivity contribution is 6.31. The lowest BCUT2D eigenvalue weighted by Gasteiger charge is -2.32. The van der Waals surface area contributed by atoms with Gasteiger partial charge in [0, 0.05) is 11.1 Å². The quantitative estimate of drug-likeness (QED) is 0.528. The van der Waals surface area contributed by atoms with Gasteiger partial charge in [-0.1, -0.05) is 17.7 Å². The number of Topliss-reactive ketones (excluding diaryl/α,β-unsaturated/α-hetero) is 1. The second kappa shape index (κ2) is 10.3. The number of amides is 1. The van der Waals surface area contributed by atoms with E-state index in [2.05, 4.69) is 10.3 Å². The van der Waals surface area contributed by atoms with Crippen LogP contribution in [-0.2, 0) is 9.53 Å². The molecule has 3 aliphatic rings. The number of nitrogens with one attached hydrogen (secondary N) is 1. The molecule has 1 saturated carbocycles. The summed E-state index contributed by atoms with van der Waals surface area (Å²) in [5, 5.41) is 13.3. The highest BCUT2D eigenvalue weighted by Gasteiger charge is 2.36. The maximum atomic E-state index is 13.8. The van der Waals surface area contributed by atoms with Crippen molar-refractivity contribution in [2.24, 2.45) is 4.99 Å². The predicted octanol–water partition coefficient (Wildman–Crippen LogP) is 3.79. The Morgan fingerprint density at radius 1 is 1.24 bits per heavy atom. The van der Waals surface area contributed by atoms with Crippen LogP contribution in [0.25, 0.3) is 0 Å². The Morgan fingerprint density at radius 3 is 2.74 bits per heavy atom. The molecule has 198 valence electrons. The first-order valence-corrected chi connectivity index (χ1v) is 12.5. The maximum Gasteiger partial charge on any atom is 0.251 e. The van der Waals surface area contributed by atoms with Gasteiger partial charge in [-0.05, 0) is 67.8 Å². The minimum atomic E-state index is -1.35. The number of methoxy groups -OCH3 is 1. The molecule has 2 heterocycles. The molecule has 1 fully saturated rings. The summed E-state index contributed by atoms with van der Waals surface area (Å²) in [6, 6.07) is 8.92. The molecule has 10 heteroatoms. The van der Waals surface area contributed by atoms with Crippen LogP contribution in [0.15, 0.2) is 64.8 Å². The van der Waals surface area contributed by atoms with Crippen LogP contribution < -0.4 is 14.8 Å². The number of nitrogens with zero attached hydrogens (tertiary/aromatic N) is 1. The number of hydrogen-bond donors (Lipinski definition) is 2. The monoisotopic (exact) mass is 540 g/mol. The van der Waals surface area contributed by atoms with Crippen molar-refractivity contribution in [2.45, 2.75) is 37.6 Å². The van der Waals surface area contributed by atoms with E-state index < -0.39 is 29.2 Å². The molecule has 1 amide bonds. The molecular weight excluding hydrogens is 515 g/mol. The number of aliphatic hydroxyl groups is 1. The van der Waals surface area contributed by atoms with Crippen molar-refractivity contribution in [3.05, 3.63) is 81.8 Å². The SMILES string of the molecule is COc1cc(C(=O)NCC(=O)C2=CC3=CC(OCC3(C)O)C(c3ccc(F)c(Cl)c3)=N2)ccc1OC1CC1. The van der Waals surface area contributed by atoms with Gasteiger partial charge in [0.05, 0.1) is 37.1 Å². The van der Waals surface area contributed by atoms with E-state index in [1.54, 1.807) is 31.2 Å². The average Bonchev–Trinajstić information content (AvgIpc) is 3.73. The fourth-order valence-electron chi connectivity index (χ4n) is 4.11. The molecule has 0 saturated heterocycles. The molecule has 8 nitrogen and oxygen atoms in total. The van der Waals surface area contributed by atoms with Gasteiger partial charge in [0.15, 0.2) is 17.3 Å². The molecule has 1 aliphatic carbocycles. The fourth-order valence-corrected chi connectivity index (χ4v) is 4.29. The van der Waals surface area contributed by atoms with Crippen molar-refractivity contribution in [3.8, 4) is 11.5 Å². The molecule has 0 aromatic heterocycles. The Kier molecular flexibility index (Phi) is 7.09. The zero-order valence-electron chi connectivity index (χ0n) is 20.8. The van der Waals surface area contributed by atoms with Crippen LogP contribution in [0.3, 0.4) is 0 Å². The first-order chi connectivity index (χ1) is 18.1. The summed E-state index contributed by atoms with van der Waals surface area (Å²) in [6.45, 7) is 1.18. The smallest absolute Gasteiger partial charge is 0.251 e. The minimum Gasteiger partial charge on any atom is -0.493 e. The summed E-state index contributed by atoms with van der Waals surface area (Å²) in [5.74, 6) is -0.578. The highest BCUT2D eigenvalue weighted by atomic mass is 35.5. The molecule has 2 bridgehead atoms. The number of fused-ring (bicyclic) bond motifs is 1. The number of hydrogen-bond acceptors (Lipinski definition) is 7. The van der Waals surface area contributed by atoms with Crippen molar-refractivity contribution in [1.29, 1.82) is 0 Å². The normalized spacial score (nSPS) is 22.4. The third kappa shape index (κ3) is 5.50. The van der Waals surface area contributed by atoms with Crippen LogP contribution in [0.4, 0.5) is 4.39 Å². The predicted molar refractivity (Wildman–Crippen MR) is 138 cm³/mol. The van der Waals surface area contributed by atoms with Gasteiger partial charge in [-0.2, -0.15) is 0 Å². The van der Waals surface area contributed by atoms with E-state index in [1.807, 2.05) is 0 Å². The summed E-state index contributed by atoms with van der Waals surface area (Å²) in [4.78, 5) is 30.6. The second-order valence-electron chi connectivity index (χ2n) is 9.57. The average molecular weight is 541 g/mol. The number of benzene rings is 2. The van der Waals surface area contributed by atoms with Crippen LogP contribution in [0.1, 0.15) is 35.7 Å². The molecule has 0 radical (unpaired) electrons. The van der Waals surface area contributed by atoms with Crippen LogP contribution in [-0.4, -0.2) is 60.6 Å². The maximum absolute atomic E-state index is 13.8. The van der Waals surface area contributed by atoms with Gasteiger partial charge in [-0.15, -0.1) is 0 Å². The number of carbonyl (C=O) groups excluding carboxylic acids is 2. The van der Waals surface area contributed by atoms with Crippen molar-refractivity contribution in [2.75, 3.05) is 20.3 Å². The van der Waals surface area contributed by atoms with Crippen LogP contribution in [0.5, 0.6) is 11.5 Å². The topological polar surface area (TPSA) is 106 Å². The van der Waals surface area contributed by atoms with E-state index in [-0.39, 0.29) is 30.0 Å². The van der Waals surface area contributed by atoms with Crippen LogP contribution in [0.2, 0.25) is 5.02 Å². The lowest BCUT2D eigenvalue weighted by atomic mass is 9.90. The van der Waals surface area contributed by atoms with Gasteiger partial charge in [-0.3, -0.25) is 9.59 Å². The van der Waals surface area contributed by atoms with Gasteiger partial charge in [0.25, 0.3) is 5.91 Å². The van der Waals surface area contributed by atoms with Gasteiger partial charge in [0.2, 0.25) is 0 Å². The third-order valence-electron chi connectivity index (χ3n) is 6.45. The van der Waals surface area contributed by atoms with Crippen molar-refractivity contribution in [1.82, 2.24) is 5.32 Å². The summed E-state index contributed by atoms with van der Waals surface area (Å²) < 4.78 is 30.7. The van der Waals surface area contributed by atoms with E-state index in [0.29, 0.717) is 33.9 Å². The van der Waals surface area contributed by atoms with E-state index in [4.69, 9.17) is 25.8 Å². The summed E-state index contributed by atoms with van der Waals surface area (Å²) in [7, 11) is 1.49. The Hall–Kier alpha value is -3.53. The molecule has 5 rings (SSSR count). The number of ether oxygens (including phenoxy) is 3. The summed E-state index contributed by atoms with van der Waals surface area (Å²) in [6.07, 6.45) is 4.60. The van der Waals surface area contributed by atoms with Crippen LogP contribution in [0, 0.1) is 5.82 Å². The number of aliphatic imine (C=N–C) groups is 1. The number of ketones is 1. The second-order valence-corrected chi connectivity index (χ2v) is 9.98. The van der Waals surface area contributed by atoms with Gasteiger partial charge < -0.3 is 24.6 Å². The largest absolute Gasteiger partial charge is 0.493 e. The number of halogens is 2. The zero-order valence-corrected chi connectivity index (χ0v) is 21.5. The number of rotatable bonds is 8. The van der Waals surface area contributed by atoms with E-state index >= 15 is 0 Å². The van der Waals surface area contributed by atoms with E-state index in [1.165, 1.54) is 31.4 Å². The van der Waals surface area contributed by atoms with Gasteiger partial charge in [-0.25, -0.2) is 9.38 Å². The molecule has 0 spiro atoms. The van der Waals surface area contributed by atoms with E-state index in [9.17, 15) is 19.1 Å². The first kappa shape index (κ1) is 26.1. The molecule has 2 unspecified atom stereocenters. The first-order valence-electron chi connectivity index (χ1n) is 12.1. The van der Waals surface area contributed by atoms with Crippen molar-refractivity contribution in [3.63, 3.8) is 0 Å². The van der Waals surface area contributed by atoms with Crippen molar-refractivity contribution >= 4 is 29.0 Å². The Balaban J connectivity index is 1.37. The summed E-state index contributed by atoms with van der Waals surface area (Å²) >= 11 is 5.98. The van der Waals surface area contributed by atoms with Gasteiger partial charge >= 0.3 is 0 Å². The Morgan fingerprint density at radius 2 is 2.03 bits per heavy atom. The highest BCUT2D eigenvalue weighted by Crippen LogP contribution is 2.34. The fraction of sp³-hybridized carbons (Fsp3) is 0.321. The third-order valence-corrected chi connectivity index (χ3v) is 6.74. The van der Waals surface area contributed by atoms with E-state index in [0.717, 1.165) is 12.8 Å². The summed E-state index contributed by atoms with van der Waals surface area (Å²) in [5.41, 5.74) is 0.200. The molecule has 38 heavy (non-hydrogen) atoms. The molecule has 2 N–H and O–H groups in total. The Labute approximate surface area is 223 Å². The van der Waals surface area contributed by atoms with Crippen LogP contribution >= 0.6 is 11.6 Å². The Bertz CT molecular complexity index is 1400. The molecule has 2 aliphatic heterocycles. The lowest BCUT2D eigenvalue weighted by Crippen LogP contribution is -2.41. The molecule has 2 aromatic carbocycles. The zero-order chi connectivity index (χ0) is 27.0. The molecular formula is C28H26ClFN2O6. The number of carbonyl (C=O) groups is 2. The lowest BCUT2D eigenvalue weighted by molar-refractivity contribution is -0.114. The van der Waals surface area contributed by atoms with Crippen molar-refractivity contribution < 1.29 is 33.3 Å². The molecule has 2 aromatic rings. The standard InChI is InChI=1S/C28H26ClFN2O6/c1-28(35)14-37-25-12-17(28)11-21(32-26(25)15-3-7-20(30)19(29)9-15)22(33)13-31-27(34)16-4-8-23(24(10-16)36-2)38-18-5-6-18/h3-4,7-12,18,25,35H,5-6,13-14H2,1-2H3,(H,31,34). The van der Waals surface area contributed by atoms with Gasteiger partial charge in [0.1, 0.15) is 23.2 Å².